The van der Waals surface area contributed by atoms with Gasteiger partial charge < -0.3 is 14.2 Å². The second kappa shape index (κ2) is 8.14. The Morgan fingerprint density at radius 1 is 0.525 bits per heavy atom. The Balaban J connectivity index is 1.40. The topological polar surface area (TPSA) is 17.4 Å². The van der Waals surface area contributed by atoms with Crippen LogP contribution >= 0.6 is 0 Å². The van der Waals surface area contributed by atoms with Gasteiger partial charge in [-0.15, -0.1) is 0 Å². The molecule has 0 aliphatic carbocycles. The highest BCUT2D eigenvalue weighted by Crippen LogP contribution is 2.41. The third kappa shape index (κ3) is 2.85. The van der Waals surface area contributed by atoms with Crippen LogP contribution in [0.3, 0.4) is 0 Å². The molecule has 3 heterocycles. The summed E-state index contributed by atoms with van der Waals surface area (Å²) in [6.07, 6.45) is 0. The maximum atomic E-state index is 6.78. The van der Waals surface area contributed by atoms with Crippen LogP contribution in [0.25, 0.3) is 27.5 Å². The lowest BCUT2D eigenvalue weighted by molar-refractivity contribution is 0.488. The molecule has 2 aliphatic rings. The van der Waals surface area contributed by atoms with Gasteiger partial charge in [0, 0.05) is 33.5 Å². The van der Waals surface area contributed by atoms with Crippen molar-refractivity contribution in [1.29, 1.82) is 0 Å². The molecule has 0 amide bonds. The molecule has 0 N–H and O–H groups in total. The van der Waals surface area contributed by atoms with Crippen molar-refractivity contribution < 1.29 is 4.74 Å². The lowest BCUT2D eigenvalue weighted by Gasteiger charge is -2.36. The summed E-state index contributed by atoms with van der Waals surface area (Å²) in [7, 11) is 0. The second-order valence-corrected chi connectivity index (χ2v) is 10.5. The lowest BCUT2D eigenvalue weighted by atomic mass is 9.34. The zero-order valence-electron chi connectivity index (χ0n) is 21.7. The average molecular weight is 510 g/mol. The predicted octanol–water partition coefficient (Wildman–Crippen LogP) is 7.19. The fraction of sp³-hybridized carbons (Fsp3) is 0. The summed E-state index contributed by atoms with van der Waals surface area (Å²) in [4.78, 5) is 2.36. The van der Waals surface area contributed by atoms with Crippen molar-refractivity contribution in [2.75, 3.05) is 4.90 Å². The summed E-state index contributed by atoms with van der Waals surface area (Å²) in [5, 5.41) is 2.53. The Morgan fingerprint density at radius 2 is 1.20 bits per heavy atom. The Morgan fingerprint density at radius 3 is 2.00 bits per heavy atom. The zero-order chi connectivity index (χ0) is 26.2. The lowest BCUT2D eigenvalue weighted by Crippen LogP contribution is -2.59. The molecule has 1 aromatic heterocycles. The molecule has 40 heavy (non-hydrogen) atoms. The molecule has 2 aliphatic heterocycles. The van der Waals surface area contributed by atoms with Gasteiger partial charge in [0.15, 0.2) is 0 Å². The van der Waals surface area contributed by atoms with Gasteiger partial charge in [-0.1, -0.05) is 78.9 Å². The van der Waals surface area contributed by atoms with E-state index in [0.29, 0.717) is 0 Å². The van der Waals surface area contributed by atoms with E-state index in [1.807, 2.05) is 0 Å². The van der Waals surface area contributed by atoms with E-state index in [4.69, 9.17) is 4.74 Å². The molecule has 0 saturated carbocycles. The Bertz CT molecular complexity index is 2060. The zero-order valence-corrected chi connectivity index (χ0v) is 21.7. The molecular formula is C36H23BN2O. The first-order valence-corrected chi connectivity index (χ1v) is 13.7. The van der Waals surface area contributed by atoms with Gasteiger partial charge in [-0.3, -0.25) is 0 Å². The molecule has 9 rings (SSSR count). The molecule has 3 nitrogen and oxygen atoms in total. The van der Waals surface area contributed by atoms with Gasteiger partial charge in [-0.25, -0.2) is 0 Å². The molecule has 0 radical (unpaired) electrons. The van der Waals surface area contributed by atoms with E-state index in [2.05, 4.69) is 149 Å². The number of rotatable bonds is 3. The van der Waals surface area contributed by atoms with Crippen LogP contribution in [-0.2, 0) is 0 Å². The molecule has 0 bridgehead atoms. The van der Waals surface area contributed by atoms with Crippen molar-refractivity contribution in [3.8, 4) is 17.2 Å². The predicted molar refractivity (Wildman–Crippen MR) is 167 cm³/mol. The van der Waals surface area contributed by atoms with Crippen LogP contribution in [0.4, 0.5) is 17.1 Å². The van der Waals surface area contributed by atoms with Gasteiger partial charge in [-0.2, -0.15) is 0 Å². The maximum absolute atomic E-state index is 6.78. The second-order valence-electron chi connectivity index (χ2n) is 10.5. The van der Waals surface area contributed by atoms with E-state index >= 15 is 0 Å². The minimum Gasteiger partial charge on any atom is -0.458 e. The normalized spacial score (nSPS) is 12.7. The molecule has 0 unspecified atom stereocenters. The maximum Gasteiger partial charge on any atom is 0.259 e. The molecule has 0 fully saturated rings. The monoisotopic (exact) mass is 510 g/mol. The molecule has 0 saturated heterocycles. The highest BCUT2D eigenvalue weighted by atomic mass is 16.5. The van der Waals surface area contributed by atoms with Crippen molar-refractivity contribution in [3.05, 3.63) is 140 Å². The molecule has 6 aromatic carbocycles. The summed E-state index contributed by atoms with van der Waals surface area (Å²) in [6.45, 7) is 0.0292. The highest BCUT2D eigenvalue weighted by Gasteiger charge is 2.42. The molecular weight excluding hydrogens is 487 g/mol. The number of aromatic nitrogens is 1. The van der Waals surface area contributed by atoms with Crippen molar-refractivity contribution >= 4 is 62.0 Å². The molecule has 186 valence electrons. The smallest absolute Gasteiger partial charge is 0.259 e. The summed E-state index contributed by atoms with van der Waals surface area (Å²) in [5.41, 5.74) is 10.8. The largest absolute Gasteiger partial charge is 0.458 e. The Kier molecular flexibility index (Phi) is 4.41. The Hall–Kier alpha value is -5.22. The van der Waals surface area contributed by atoms with Crippen LogP contribution in [0.1, 0.15) is 0 Å². The molecule has 7 aromatic rings. The average Bonchev–Trinajstić information content (AvgIpc) is 3.36. The minimum absolute atomic E-state index is 0.0292. The summed E-state index contributed by atoms with van der Waals surface area (Å²) < 4.78 is 9.22. The number of para-hydroxylation sites is 4. The van der Waals surface area contributed by atoms with E-state index in [0.717, 1.165) is 28.6 Å². The molecule has 4 heteroatoms. The van der Waals surface area contributed by atoms with E-state index in [-0.39, 0.29) is 6.71 Å². The quantitative estimate of drug-likeness (QED) is 0.234. The van der Waals surface area contributed by atoms with E-state index in [1.165, 1.54) is 43.9 Å². The van der Waals surface area contributed by atoms with Crippen LogP contribution < -0.4 is 26.0 Å². The van der Waals surface area contributed by atoms with Crippen molar-refractivity contribution in [1.82, 2.24) is 4.57 Å². The third-order valence-electron chi connectivity index (χ3n) is 8.43. The van der Waals surface area contributed by atoms with E-state index in [1.54, 1.807) is 0 Å². The van der Waals surface area contributed by atoms with Crippen LogP contribution in [0.5, 0.6) is 11.5 Å². The summed E-state index contributed by atoms with van der Waals surface area (Å²) >= 11 is 0. The number of hydrogen-bond acceptors (Lipinski definition) is 2. The first kappa shape index (κ1) is 21.7. The van der Waals surface area contributed by atoms with Gasteiger partial charge in [0.25, 0.3) is 6.71 Å². The van der Waals surface area contributed by atoms with Crippen LogP contribution in [0, 0.1) is 0 Å². The van der Waals surface area contributed by atoms with Crippen LogP contribution in [-0.4, -0.2) is 11.3 Å². The molecule has 0 spiro atoms. The van der Waals surface area contributed by atoms with Gasteiger partial charge in [-0.05, 0) is 77.1 Å². The highest BCUT2D eigenvalue weighted by molar-refractivity contribution is 7.00. The third-order valence-corrected chi connectivity index (χ3v) is 8.43. The van der Waals surface area contributed by atoms with Gasteiger partial charge in [0.05, 0.1) is 11.0 Å². The standard InChI is InChI=1S/C36H23BN2O/c1-3-12-24(13-4-1)38(25-14-5-2-6-15-25)31-20-11-21-32-34(31)37-28-17-8-10-19-30(28)39-29-18-9-7-16-26(29)27-22-23-33(40-32)35(37)36(27)39/h1-23H. The fourth-order valence-electron chi connectivity index (χ4n) is 6.88. The van der Waals surface area contributed by atoms with Crippen LogP contribution in [0.15, 0.2) is 140 Å². The summed E-state index contributed by atoms with van der Waals surface area (Å²) in [5.74, 6) is 1.84. The SMILES string of the molecule is c1ccc(N(c2ccccc2)c2cccc3c2B2c4ccccc4-n4c5ccccc5c5ccc(c2c54)O3)cc1. The number of benzene rings is 6. The Labute approximate surface area is 232 Å². The van der Waals surface area contributed by atoms with Gasteiger partial charge in [0.2, 0.25) is 0 Å². The van der Waals surface area contributed by atoms with E-state index < -0.39 is 0 Å². The van der Waals surface area contributed by atoms with E-state index in [9.17, 15) is 0 Å². The summed E-state index contributed by atoms with van der Waals surface area (Å²) in [6, 6.07) is 49.7. The first-order chi connectivity index (χ1) is 19.9. The number of hydrogen-bond donors (Lipinski definition) is 0. The van der Waals surface area contributed by atoms with Crippen LogP contribution in [0.2, 0.25) is 0 Å². The minimum atomic E-state index is 0.0292. The van der Waals surface area contributed by atoms with Crippen molar-refractivity contribution in [3.63, 3.8) is 0 Å². The van der Waals surface area contributed by atoms with Gasteiger partial charge >= 0.3 is 0 Å². The fourth-order valence-corrected chi connectivity index (χ4v) is 6.88. The number of ether oxygens (including phenoxy) is 1. The van der Waals surface area contributed by atoms with Gasteiger partial charge in [0.1, 0.15) is 11.5 Å². The number of nitrogens with zero attached hydrogens (tertiary/aromatic N) is 2. The molecule has 0 atom stereocenters. The number of anilines is 3. The van der Waals surface area contributed by atoms with Crippen molar-refractivity contribution in [2.45, 2.75) is 0 Å². The number of fused-ring (bicyclic) bond motifs is 8. The van der Waals surface area contributed by atoms with Crippen molar-refractivity contribution in [2.24, 2.45) is 0 Å². The first-order valence-electron chi connectivity index (χ1n) is 13.7.